The molecule has 2 aliphatic rings. The summed E-state index contributed by atoms with van der Waals surface area (Å²) in [6.07, 6.45) is 3.87. The molecule has 0 aromatic carbocycles. The molecule has 2 saturated heterocycles. The lowest BCUT2D eigenvalue weighted by Gasteiger charge is -2.37. The van der Waals surface area contributed by atoms with Crippen LogP contribution in [-0.4, -0.2) is 52.0 Å². The lowest BCUT2D eigenvalue weighted by molar-refractivity contribution is -0.185. The third kappa shape index (κ3) is 2.34. The van der Waals surface area contributed by atoms with Crippen molar-refractivity contribution in [3.05, 3.63) is 11.9 Å². The number of aryl methyl sites for hydroxylation is 1. The molecule has 2 aliphatic heterocycles. The second kappa shape index (κ2) is 4.36. The van der Waals surface area contributed by atoms with E-state index in [4.69, 9.17) is 9.47 Å². The van der Waals surface area contributed by atoms with Crippen LogP contribution in [0.1, 0.15) is 18.5 Å². The molecule has 1 aromatic heterocycles. The Morgan fingerprint density at radius 2 is 2.00 bits per heavy atom. The van der Waals surface area contributed by atoms with E-state index in [1.807, 2.05) is 13.2 Å². The molecule has 0 saturated carbocycles. The fraction of sp³-hybridized carbons (Fsp3) is 0.818. The van der Waals surface area contributed by atoms with Crippen LogP contribution in [0, 0.1) is 0 Å². The maximum Gasteiger partial charge on any atom is 0.170 e. The van der Waals surface area contributed by atoms with Crippen LogP contribution < -0.4 is 0 Å². The van der Waals surface area contributed by atoms with Gasteiger partial charge in [-0.1, -0.05) is 5.21 Å². The monoisotopic (exact) mass is 238 g/mol. The van der Waals surface area contributed by atoms with Gasteiger partial charge in [0, 0.05) is 45.7 Å². The molecule has 0 radical (unpaired) electrons. The molecule has 0 atom stereocenters. The molecule has 0 aliphatic carbocycles. The van der Waals surface area contributed by atoms with Crippen molar-refractivity contribution in [3.8, 4) is 0 Å². The van der Waals surface area contributed by atoms with E-state index in [0.29, 0.717) is 0 Å². The minimum atomic E-state index is -0.279. The largest absolute Gasteiger partial charge is 0.347 e. The molecule has 1 spiro atoms. The number of rotatable bonds is 2. The van der Waals surface area contributed by atoms with Crippen LogP contribution in [0.2, 0.25) is 0 Å². The van der Waals surface area contributed by atoms with Gasteiger partial charge in [0.05, 0.1) is 18.9 Å². The van der Waals surface area contributed by atoms with Crippen LogP contribution >= 0.6 is 0 Å². The lowest BCUT2D eigenvalue weighted by Crippen LogP contribution is -2.44. The van der Waals surface area contributed by atoms with Gasteiger partial charge >= 0.3 is 0 Å². The van der Waals surface area contributed by atoms with E-state index in [1.54, 1.807) is 4.68 Å². The van der Waals surface area contributed by atoms with E-state index >= 15 is 0 Å². The van der Waals surface area contributed by atoms with Gasteiger partial charge in [-0.2, -0.15) is 0 Å². The van der Waals surface area contributed by atoms with Gasteiger partial charge in [-0.3, -0.25) is 9.58 Å². The average molecular weight is 238 g/mol. The predicted molar refractivity (Wildman–Crippen MR) is 60.1 cm³/mol. The number of hydrogen-bond acceptors (Lipinski definition) is 5. The highest BCUT2D eigenvalue weighted by Crippen LogP contribution is 2.31. The maximum absolute atomic E-state index is 5.70. The fourth-order valence-corrected chi connectivity index (χ4v) is 2.53. The van der Waals surface area contributed by atoms with Crippen molar-refractivity contribution in [1.29, 1.82) is 0 Å². The van der Waals surface area contributed by atoms with Crippen molar-refractivity contribution >= 4 is 0 Å². The van der Waals surface area contributed by atoms with Gasteiger partial charge in [-0.25, -0.2) is 0 Å². The highest BCUT2D eigenvalue weighted by atomic mass is 16.7. The summed E-state index contributed by atoms with van der Waals surface area (Å²) in [6.45, 7) is 4.34. The first-order valence-corrected chi connectivity index (χ1v) is 6.11. The van der Waals surface area contributed by atoms with Crippen molar-refractivity contribution in [3.63, 3.8) is 0 Å². The SMILES string of the molecule is Cn1cc(CN2CCC3(CC2)OCCO3)nn1. The molecule has 0 bridgehead atoms. The summed E-state index contributed by atoms with van der Waals surface area (Å²) in [5.41, 5.74) is 1.02. The third-order valence-corrected chi connectivity index (χ3v) is 3.47. The lowest BCUT2D eigenvalue weighted by atomic mass is 10.0. The van der Waals surface area contributed by atoms with Crippen molar-refractivity contribution in [1.82, 2.24) is 19.9 Å². The number of ether oxygens (including phenoxy) is 2. The molecular weight excluding hydrogens is 220 g/mol. The van der Waals surface area contributed by atoms with Crippen LogP contribution in [-0.2, 0) is 23.1 Å². The molecule has 0 unspecified atom stereocenters. The molecular formula is C11H18N4O2. The average Bonchev–Trinajstić information content (AvgIpc) is 2.93. The number of likely N-dealkylation sites (tertiary alicyclic amines) is 1. The summed E-state index contributed by atoms with van der Waals surface area (Å²) >= 11 is 0. The Morgan fingerprint density at radius 1 is 1.29 bits per heavy atom. The Hall–Kier alpha value is -0.980. The molecule has 0 amide bonds. The standard InChI is InChI=1S/C11H18N4O2/c1-14-8-10(12-13-14)9-15-4-2-11(3-5-15)16-6-7-17-11/h8H,2-7,9H2,1H3. The topological polar surface area (TPSA) is 52.4 Å². The van der Waals surface area contributed by atoms with Crippen LogP contribution in [0.3, 0.4) is 0 Å². The van der Waals surface area contributed by atoms with E-state index in [1.165, 1.54) is 0 Å². The van der Waals surface area contributed by atoms with Crippen molar-refractivity contribution in [2.45, 2.75) is 25.2 Å². The van der Waals surface area contributed by atoms with Gasteiger partial charge in [-0.15, -0.1) is 5.10 Å². The first-order valence-electron chi connectivity index (χ1n) is 6.11. The van der Waals surface area contributed by atoms with Gasteiger partial charge in [0.1, 0.15) is 0 Å². The van der Waals surface area contributed by atoms with E-state index in [2.05, 4.69) is 15.2 Å². The molecule has 3 heterocycles. The Balaban J connectivity index is 1.54. The summed E-state index contributed by atoms with van der Waals surface area (Å²) in [7, 11) is 1.89. The predicted octanol–water partition coefficient (Wildman–Crippen LogP) is 0.154. The Bertz CT molecular complexity index is 377. The Labute approximate surface area is 100 Å². The minimum absolute atomic E-state index is 0.279. The van der Waals surface area contributed by atoms with Gasteiger partial charge in [0.25, 0.3) is 0 Å². The van der Waals surface area contributed by atoms with Gasteiger partial charge in [0.2, 0.25) is 0 Å². The Morgan fingerprint density at radius 3 is 2.59 bits per heavy atom. The second-order valence-corrected chi connectivity index (χ2v) is 4.77. The van der Waals surface area contributed by atoms with E-state index in [9.17, 15) is 0 Å². The van der Waals surface area contributed by atoms with Gasteiger partial charge < -0.3 is 9.47 Å². The molecule has 6 nitrogen and oxygen atoms in total. The smallest absolute Gasteiger partial charge is 0.170 e. The molecule has 94 valence electrons. The number of hydrogen-bond donors (Lipinski definition) is 0. The van der Waals surface area contributed by atoms with Crippen molar-refractivity contribution < 1.29 is 9.47 Å². The number of aromatic nitrogens is 3. The van der Waals surface area contributed by atoms with Gasteiger partial charge in [-0.05, 0) is 0 Å². The second-order valence-electron chi connectivity index (χ2n) is 4.77. The normalized spacial score (nSPS) is 24.5. The van der Waals surface area contributed by atoms with E-state index in [-0.39, 0.29) is 5.79 Å². The number of nitrogens with zero attached hydrogens (tertiary/aromatic N) is 4. The third-order valence-electron chi connectivity index (χ3n) is 3.47. The van der Waals surface area contributed by atoms with Gasteiger partial charge in [0.15, 0.2) is 5.79 Å². The van der Waals surface area contributed by atoms with E-state index < -0.39 is 0 Å². The van der Waals surface area contributed by atoms with Crippen LogP contribution in [0.5, 0.6) is 0 Å². The van der Waals surface area contributed by atoms with Crippen molar-refractivity contribution in [2.24, 2.45) is 7.05 Å². The van der Waals surface area contributed by atoms with Crippen LogP contribution in [0.15, 0.2) is 6.20 Å². The highest BCUT2D eigenvalue weighted by Gasteiger charge is 2.39. The highest BCUT2D eigenvalue weighted by molar-refractivity contribution is 4.93. The van der Waals surface area contributed by atoms with Crippen LogP contribution in [0.4, 0.5) is 0 Å². The molecule has 3 rings (SSSR count). The zero-order valence-corrected chi connectivity index (χ0v) is 10.1. The summed E-state index contributed by atoms with van der Waals surface area (Å²) in [5.74, 6) is -0.279. The molecule has 6 heteroatoms. The zero-order chi connectivity index (χ0) is 11.7. The summed E-state index contributed by atoms with van der Waals surface area (Å²) in [4.78, 5) is 2.38. The summed E-state index contributed by atoms with van der Waals surface area (Å²) < 4.78 is 13.1. The quantitative estimate of drug-likeness (QED) is 0.734. The number of piperidine rings is 1. The first kappa shape index (κ1) is 11.1. The first-order chi connectivity index (χ1) is 8.26. The summed E-state index contributed by atoms with van der Waals surface area (Å²) in [6, 6.07) is 0. The van der Waals surface area contributed by atoms with E-state index in [0.717, 1.165) is 51.4 Å². The maximum atomic E-state index is 5.70. The molecule has 1 aromatic rings. The molecule has 2 fully saturated rings. The minimum Gasteiger partial charge on any atom is -0.347 e. The molecule has 0 N–H and O–H groups in total. The molecule has 17 heavy (non-hydrogen) atoms. The Kier molecular flexibility index (Phi) is 2.85. The fourth-order valence-electron chi connectivity index (χ4n) is 2.53. The van der Waals surface area contributed by atoms with Crippen molar-refractivity contribution in [2.75, 3.05) is 26.3 Å². The zero-order valence-electron chi connectivity index (χ0n) is 10.1. The summed E-state index contributed by atoms with van der Waals surface area (Å²) in [5, 5.41) is 8.05. The van der Waals surface area contributed by atoms with Crippen LogP contribution in [0.25, 0.3) is 0 Å².